The number of ether oxygens (including phenoxy) is 1. The van der Waals surface area contributed by atoms with Gasteiger partial charge >= 0.3 is 5.97 Å². The van der Waals surface area contributed by atoms with E-state index in [1.807, 2.05) is 12.1 Å². The smallest absolute Gasteiger partial charge is 0.302 e. The van der Waals surface area contributed by atoms with E-state index in [1.54, 1.807) is 6.07 Å². The minimum absolute atomic E-state index is 0.244. The lowest BCUT2D eigenvalue weighted by Gasteiger charge is -2.00. The molecule has 0 fully saturated rings. The molecule has 0 N–H and O–H groups in total. The van der Waals surface area contributed by atoms with Crippen LogP contribution in [0.5, 0.6) is 0 Å². The van der Waals surface area contributed by atoms with Gasteiger partial charge in [-0.15, -0.1) is 11.6 Å². The number of esters is 1. The molecule has 0 aliphatic heterocycles. The number of fused-ring (bicyclic) bond motifs is 1. The van der Waals surface area contributed by atoms with Crippen LogP contribution in [-0.4, -0.2) is 11.0 Å². The van der Waals surface area contributed by atoms with Crippen LogP contribution in [0.15, 0.2) is 22.6 Å². The first-order valence-electron chi connectivity index (χ1n) is 4.76. The molecular formula is C11H10ClNO3. The Morgan fingerprint density at radius 3 is 3.06 bits per heavy atom. The van der Waals surface area contributed by atoms with E-state index in [4.69, 9.17) is 20.8 Å². The fraction of sp³-hybridized carbons (Fsp3) is 0.273. The molecule has 5 heteroatoms. The Morgan fingerprint density at radius 1 is 1.56 bits per heavy atom. The van der Waals surface area contributed by atoms with Crippen LogP contribution in [0.25, 0.3) is 11.1 Å². The summed E-state index contributed by atoms with van der Waals surface area (Å²) in [5, 5.41) is 0. The molecule has 0 atom stereocenters. The molecule has 2 rings (SSSR count). The van der Waals surface area contributed by atoms with E-state index < -0.39 is 0 Å². The first-order valence-corrected chi connectivity index (χ1v) is 5.30. The Hall–Kier alpha value is -1.55. The molecule has 0 spiro atoms. The highest BCUT2D eigenvalue weighted by Crippen LogP contribution is 2.18. The third-order valence-corrected chi connectivity index (χ3v) is 2.28. The number of benzene rings is 1. The third kappa shape index (κ3) is 2.33. The van der Waals surface area contributed by atoms with E-state index >= 15 is 0 Å². The molecule has 0 amide bonds. The molecule has 2 aromatic rings. The van der Waals surface area contributed by atoms with Crippen LogP contribution in [0.4, 0.5) is 0 Å². The number of nitrogens with zero attached hydrogens (tertiary/aromatic N) is 1. The van der Waals surface area contributed by atoms with Crippen LogP contribution in [0, 0.1) is 0 Å². The van der Waals surface area contributed by atoms with Crippen molar-refractivity contribution >= 4 is 28.7 Å². The highest BCUT2D eigenvalue weighted by molar-refractivity contribution is 6.16. The number of carbonyl (C=O) groups excluding carboxylic acids is 1. The maximum absolute atomic E-state index is 10.7. The fourth-order valence-electron chi connectivity index (χ4n) is 1.35. The van der Waals surface area contributed by atoms with Gasteiger partial charge in [0.25, 0.3) is 0 Å². The number of rotatable bonds is 3. The van der Waals surface area contributed by atoms with Crippen LogP contribution in [-0.2, 0) is 22.0 Å². The Labute approximate surface area is 97.2 Å². The van der Waals surface area contributed by atoms with Gasteiger partial charge in [0.05, 0.1) is 5.88 Å². The molecule has 0 saturated heterocycles. The van der Waals surface area contributed by atoms with Gasteiger partial charge in [-0.25, -0.2) is 4.98 Å². The van der Waals surface area contributed by atoms with Crippen LogP contribution in [0.1, 0.15) is 18.4 Å². The standard InChI is InChI=1S/C11H10ClNO3/c1-7(14)15-6-8-2-3-10-9(4-8)13-11(5-12)16-10/h2-4H,5-6H2,1H3. The van der Waals surface area contributed by atoms with Crippen molar-refractivity contribution in [1.82, 2.24) is 4.98 Å². The largest absolute Gasteiger partial charge is 0.461 e. The van der Waals surface area contributed by atoms with Crippen molar-refractivity contribution in [3.8, 4) is 0 Å². The normalized spacial score (nSPS) is 10.6. The summed E-state index contributed by atoms with van der Waals surface area (Å²) in [5.41, 5.74) is 2.28. The second-order valence-corrected chi connectivity index (χ2v) is 3.59. The zero-order valence-corrected chi connectivity index (χ0v) is 9.45. The molecule has 0 unspecified atom stereocenters. The Bertz CT molecular complexity index is 521. The minimum Gasteiger partial charge on any atom is -0.461 e. The zero-order valence-electron chi connectivity index (χ0n) is 8.70. The molecule has 0 aliphatic carbocycles. The molecule has 0 aliphatic rings. The van der Waals surface area contributed by atoms with Crippen molar-refractivity contribution < 1.29 is 13.9 Å². The Kier molecular flexibility index (Phi) is 3.10. The van der Waals surface area contributed by atoms with Gasteiger partial charge in [0.2, 0.25) is 5.89 Å². The van der Waals surface area contributed by atoms with Crippen molar-refractivity contribution in [1.29, 1.82) is 0 Å². The van der Waals surface area contributed by atoms with Crippen LogP contribution < -0.4 is 0 Å². The van der Waals surface area contributed by atoms with Gasteiger partial charge in [-0.2, -0.15) is 0 Å². The van der Waals surface area contributed by atoms with Crippen LogP contribution >= 0.6 is 11.6 Å². The molecule has 1 aromatic heterocycles. The Morgan fingerprint density at radius 2 is 2.38 bits per heavy atom. The first-order chi connectivity index (χ1) is 7.69. The van der Waals surface area contributed by atoms with Gasteiger partial charge in [-0.3, -0.25) is 4.79 Å². The van der Waals surface area contributed by atoms with Crippen molar-refractivity contribution in [2.45, 2.75) is 19.4 Å². The molecule has 16 heavy (non-hydrogen) atoms. The number of hydrogen-bond acceptors (Lipinski definition) is 4. The lowest BCUT2D eigenvalue weighted by atomic mass is 10.2. The molecule has 1 aromatic carbocycles. The number of alkyl halides is 1. The molecule has 84 valence electrons. The Balaban J connectivity index is 2.25. The highest BCUT2D eigenvalue weighted by atomic mass is 35.5. The SMILES string of the molecule is CC(=O)OCc1ccc2oc(CCl)nc2c1. The van der Waals surface area contributed by atoms with E-state index in [-0.39, 0.29) is 18.5 Å². The summed E-state index contributed by atoms with van der Waals surface area (Å²) in [6, 6.07) is 5.43. The first kappa shape index (κ1) is 11.0. The molecule has 0 saturated carbocycles. The monoisotopic (exact) mass is 239 g/mol. The van der Waals surface area contributed by atoms with Crippen molar-refractivity contribution in [2.24, 2.45) is 0 Å². The van der Waals surface area contributed by atoms with Gasteiger partial charge in [0.15, 0.2) is 5.58 Å². The summed E-state index contributed by atoms with van der Waals surface area (Å²) < 4.78 is 10.2. The van der Waals surface area contributed by atoms with Crippen molar-refractivity contribution in [3.05, 3.63) is 29.7 Å². The molecular weight excluding hydrogens is 230 g/mol. The minimum atomic E-state index is -0.304. The lowest BCUT2D eigenvalue weighted by Crippen LogP contribution is -1.98. The van der Waals surface area contributed by atoms with Crippen molar-refractivity contribution in [2.75, 3.05) is 0 Å². The molecule has 1 heterocycles. The summed E-state index contributed by atoms with van der Waals surface area (Å²) in [6.07, 6.45) is 0. The number of halogens is 1. The number of oxazole rings is 1. The molecule has 4 nitrogen and oxygen atoms in total. The van der Waals surface area contributed by atoms with Crippen molar-refractivity contribution in [3.63, 3.8) is 0 Å². The quantitative estimate of drug-likeness (QED) is 0.610. The van der Waals surface area contributed by atoms with E-state index in [9.17, 15) is 4.79 Å². The van der Waals surface area contributed by atoms with Gasteiger partial charge in [-0.05, 0) is 17.7 Å². The summed E-state index contributed by atoms with van der Waals surface area (Å²) in [6.45, 7) is 1.62. The summed E-state index contributed by atoms with van der Waals surface area (Å²) in [5.74, 6) is 0.427. The van der Waals surface area contributed by atoms with Crippen LogP contribution in [0.3, 0.4) is 0 Å². The second-order valence-electron chi connectivity index (χ2n) is 3.32. The highest BCUT2D eigenvalue weighted by Gasteiger charge is 2.05. The van der Waals surface area contributed by atoms with E-state index in [1.165, 1.54) is 6.92 Å². The zero-order chi connectivity index (χ0) is 11.5. The van der Waals surface area contributed by atoms with E-state index in [0.717, 1.165) is 11.1 Å². The molecule has 0 bridgehead atoms. The number of aromatic nitrogens is 1. The van der Waals surface area contributed by atoms with E-state index in [0.29, 0.717) is 11.5 Å². The average Bonchev–Trinajstić information content (AvgIpc) is 2.68. The third-order valence-electron chi connectivity index (χ3n) is 2.05. The van der Waals surface area contributed by atoms with Gasteiger partial charge in [0.1, 0.15) is 12.1 Å². The summed E-state index contributed by atoms with van der Waals surface area (Å²) in [4.78, 5) is 14.8. The second kappa shape index (κ2) is 4.53. The van der Waals surface area contributed by atoms with Gasteiger partial charge in [-0.1, -0.05) is 6.07 Å². The van der Waals surface area contributed by atoms with Gasteiger partial charge < -0.3 is 9.15 Å². The summed E-state index contributed by atoms with van der Waals surface area (Å²) >= 11 is 5.62. The fourth-order valence-corrected chi connectivity index (χ4v) is 1.47. The summed E-state index contributed by atoms with van der Waals surface area (Å²) in [7, 11) is 0. The predicted octanol–water partition coefficient (Wildman–Crippen LogP) is 2.63. The number of carbonyl (C=O) groups is 1. The maximum atomic E-state index is 10.7. The number of hydrogen-bond donors (Lipinski definition) is 0. The molecule has 0 radical (unpaired) electrons. The van der Waals surface area contributed by atoms with Crippen LogP contribution in [0.2, 0.25) is 0 Å². The topological polar surface area (TPSA) is 52.3 Å². The lowest BCUT2D eigenvalue weighted by molar-refractivity contribution is -0.142. The average molecular weight is 240 g/mol. The van der Waals surface area contributed by atoms with E-state index in [2.05, 4.69) is 4.98 Å². The maximum Gasteiger partial charge on any atom is 0.302 e. The predicted molar refractivity (Wildman–Crippen MR) is 59.0 cm³/mol. The van der Waals surface area contributed by atoms with Gasteiger partial charge in [0, 0.05) is 6.92 Å².